The Morgan fingerprint density at radius 2 is 1.73 bits per heavy atom. The summed E-state index contributed by atoms with van der Waals surface area (Å²) in [6, 6.07) is 8.68. The van der Waals surface area contributed by atoms with Gasteiger partial charge in [-0.25, -0.2) is 4.39 Å². The second-order valence-electron chi connectivity index (χ2n) is 7.97. The van der Waals surface area contributed by atoms with Crippen molar-refractivity contribution in [3.8, 4) is 11.5 Å². The molecule has 0 saturated carbocycles. The topological polar surface area (TPSA) is 71.1 Å². The minimum Gasteiger partial charge on any atom is -0.493 e. The number of carbonyl (C=O) groups is 2. The molecule has 0 bridgehead atoms. The van der Waals surface area contributed by atoms with Gasteiger partial charge in [0.15, 0.2) is 11.5 Å². The number of rotatable bonds is 9. The monoisotopic (exact) mass is 457 g/mol. The predicted octanol–water partition coefficient (Wildman–Crippen LogP) is 3.21. The molecule has 0 unspecified atom stereocenters. The number of hydrogen-bond donors (Lipinski definition) is 1. The summed E-state index contributed by atoms with van der Waals surface area (Å²) in [5, 5.41) is 3.00. The van der Waals surface area contributed by atoms with E-state index in [-0.39, 0.29) is 17.4 Å². The lowest BCUT2D eigenvalue weighted by atomic mass is 9.79. The SMILES string of the molecule is CCN(CC)CCNC(=O)[C@@H]1c2cc(OC)c(OC)cc2C(=O)N(C)[C@H]1c1ccccc1F. The Bertz CT molecular complexity index is 1010. The van der Waals surface area contributed by atoms with Crippen molar-refractivity contribution in [2.24, 2.45) is 0 Å². The van der Waals surface area contributed by atoms with Crippen LogP contribution in [0.25, 0.3) is 0 Å². The van der Waals surface area contributed by atoms with Crippen LogP contribution in [0.2, 0.25) is 0 Å². The molecular formula is C25H32FN3O4. The zero-order valence-corrected chi connectivity index (χ0v) is 19.9. The Hall–Kier alpha value is -3.13. The molecule has 33 heavy (non-hydrogen) atoms. The van der Waals surface area contributed by atoms with Crippen molar-refractivity contribution < 1.29 is 23.5 Å². The molecular weight excluding hydrogens is 425 g/mol. The first-order valence-corrected chi connectivity index (χ1v) is 11.1. The summed E-state index contributed by atoms with van der Waals surface area (Å²) in [4.78, 5) is 30.5. The average Bonchev–Trinajstić information content (AvgIpc) is 2.83. The van der Waals surface area contributed by atoms with Crippen molar-refractivity contribution in [3.63, 3.8) is 0 Å². The number of benzene rings is 2. The van der Waals surface area contributed by atoms with Gasteiger partial charge < -0.3 is 24.6 Å². The van der Waals surface area contributed by atoms with Gasteiger partial charge in [-0.05, 0) is 36.9 Å². The van der Waals surface area contributed by atoms with Crippen molar-refractivity contribution in [2.75, 3.05) is 47.4 Å². The van der Waals surface area contributed by atoms with E-state index in [9.17, 15) is 14.0 Å². The van der Waals surface area contributed by atoms with Crippen LogP contribution < -0.4 is 14.8 Å². The lowest BCUT2D eigenvalue weighted by Gasteiger charge is -2.40. The van der Waals surface area contributed by atoms with E-state index in [0.717, 1.165) is 13.1 Å². The van der Waals surface area contributed by atoms with Crippen LogP contribution in [0.3, 0.4) is 0 Å². The predicted molar refractivity (Wildman–Crippen MR) is 124 cm³/mol. The van der Waals surface area contributed by atoms with Gasteiger partial charge in [0.1, 0.15) is 5.82 Å². The fourth-order valence-corrected chi connectivity index (χ4v) is 4.42. The minimum absolute atomic E-state index is 0.275. The number of hydrogen-bond acceptors (Lipinski definition) is 5. The molecule has 7 nitrogen and oxygen atoms in total. The standard InChI is InChI=1S/C25H32FN3O4/c1-6-29(7-2)13-12-27-24(30)22-17-14-20(32-4)21(33-5)15-18(17)25(31)28(3)23(22)16-10-8-9-11-19(16)26/h8-11,14-15,22-23H,6-7,12-13H2,1-5H3,(H,27,30)/t22-,23+/m1/s1. The third-order valence-electron chi connectivity index (χ3n) is 6.30. The molecule has 2 atom stereocenters. The average molecular weight is 458 g/mol. The maximum absolute atomic E-state index is 14.9. The van der Waals surface area contributed by atoms with E-state index in [0.29, 0.717) is 35.7 Å². The van der Waals surface area contributed by atoms with Crippen LogP contribution in [0.5, 0.6) is 11.5 Å². The van der Waals surface area contributed by atoms with Crippen LogP contribution >= 0.6 is 0 Å². The van der Waals surface area contributed by atoms with E-state index in [2.05, 4.69) is 24.1 Å². The molecule has 8 heteroatoms. The van der Waals surface area contributed by atoms with Crippen LogP contribution in [0.1, 0.15) is 47.3 Å². The molecule has 0 aromatic heterocycles. The third kappa shape index (κ3) is 4.80. The van der Waals surface area contributed by atoms with Crippen molar-refractivity contribution in [1.82, 2.24) is 15.1 Å². The quantitative estimate of drug-likeness (QED) is 0.626. The van der Waals surface area contributed by atoms with E-state index in [4.69, 9.17) is 9.47 Å². The smallest absolute Gasteiger partial charge is 0.254 e. The number of nitrogens with zero attached hydrogens (tertiary/aromatic N) is 2. The van der Waals surface area contributed by atoms with Crippen LogP contribution in [0, 0.1) is 5.82 Å². The van der Waals surface area contributed by atoms with Crippen molar-refractivity contribution in [3.05, 3.63) is 58.9 Å². The largest absolute Gasteiger partial charge is 0.493 e. The third-order valence-corrected chi connectivity index (χ3v) is 6.30. The summed E-state index contributed by atoms with van der Waals surface area (Å²) < 4.78 is 25.7. The van der Waals surface area contributed by atoms with Crippen molar-refractivity contribution in [2.45, 2.75) is 25.8 Å². The number of carbonyl (C=O) groups excluding carboxylic acids is 2. The lowest BCUT2D eigenvalue weighted by molar-refractivity contribution is -0.124. The molecule has 0 fully saturated rings. The molecule has 0 spiro atoms. The zero-order valence-electron chi connectivity index (χ0n) is 19.9. The molecule has 1 aliphatic heterocycles. The summed E-state index contributed by atoms with van der Waals surface area (Å²) in [6.07, 6.45) is 0. The lowest BCUT2D eigenvalue weighted by Crippen LogP contribution is -2.47. The van der Waals surface area contributed by atoms with Crippen LogP contribution in [-0.4, -0.2) is 69.1 Å². The summed E-state index contributed by atoms with van der Waals surface area (Å²) in [7, 11) is 4.57. The number of fused-ring (bicyclic) bond motifs is 1. The molecule has 0 radical (unpaired) electrons. The van der Waals surface area contributed by atoms with Crippen LogP contribution in [-0.2, 0) is 4.79 Å². The maximum atomic E-state index is 14.9. The number of amides is 2. The van der Waals surface area contributed by atoms with Crippen molar-refractivity contribution >= 4 is 11.8 Å². The highest BCUT2D eigenvalue weighted by molar-refractivity contribution is 6.02. The van der Waals surface area contributed by atoms with Gasteiger partial charge in [-0.3, -0.25) is 9.59 Å². The van der Waals surface area contributed by atoms with E-state index < -0.39 is 17.8 Å². The van der Waals surface area contributed by atoms with Gasteiger partial charge in [0.25, 0.3) is 5.91 Å². The number of halogens is 1. The Kier molecular flexibility index (Phi) is 7.92. The van der Waals surface area contributed by atoms with Gasteiger partial charge in [0.05, 0.1) is 26.2 Å². The van der Waals surface area contributed by atoms with Gasteiger partial charge in [-0.1, -0.05) is 32.0 Å². The van der Waals surface area contributed by atoms with E-state index >= 15 is 0 Å². The highest BCUT2D eigenvalue weighted by Gasteiger charge is 2.44. The Morgan fingerprint density at radius 1 is 1.09 bits per heavy atom. The van der Waals surface area contributed by atoms with E-state index in [1.54, 1.807) is 37.4 Å². The molecule has 0 saturated heterocycles. The summed E-state index contributed by atoms with van der Waals surface area (Å²) >= 11 is 0. The molecule has 1 N–H and O–H groups in total. The number of ether oxygens (including phenoxy) is 2. The van der Waals surface area contributed by atoms with Gasteiger partial charge in [0, 0.05) is 31.3 Å². The van der Waals surface area contributed by atoms with Gasteiger partial charge in [-0.15, -0.1) is 0 Å². The molecule has 1 heterocycles. The zero-order chi connectivity index (χ0) is 24.1. The Morgan fingerprint density at radius 3 is 2.33 bits per heavy atom. The Labute approximate surface area is 194 Å². The molecule has 2 aromatic carbocycles. The summed E-state index contributed by atoms with van der Waals surface area (Å²) in [5.41, 5.74) is 1.12. The highest BCUT2D eigenvalue weighted by atomic mass is 19.1. The first kappa shape index (κ1) is 24.5. The number of methoxy groups -OCH3 is 2. The molecule has 178 valence electrons. The van der Waals surface area contributed by atoms with Crippen molar-refractivity contribution in [1.29, 1.82) is 0 Å². The molecule has 2 aromatic rings. The van der Waals surface area contributed by atoms with Gasteiger partial charge >= 0.3 is 0 Å². The fourth-order valence-electron chi connectivity index (χ4n) is 4.42. The molecule has 3 rings (SSSR count). The highest BCUT2D eigenvalue weighted by Crippen LogP contribution is 2.46. The van der Waals surface area contributed by atoms with E-state index in [1.807, 2.05) is 0 Å². The maximum Gasteiger partial charge on any atom is 0.254 e. The van der Waals surface area contributed by atoms with E-state index in [1.165, 1.54) is 25.2 Å². The number of likely N-dealkylation sites (N-methyl/N-ethyl adjacent to an activating group) is 2. The summed E-state index contributed by atoms with van der Waals surface area (Å²) in [6.45, 7) is 7.04. The van der Waals surface area contributed by atoms with Crippen LogP contribution in [0.4, 0.5) is 4.39 Å². The van der Waals surface area contributed by atoms with Gasteiger partial charge in [0.2, 0.25) is 5.91 Å². The number of nitrogens with one attached hydrogen (secondary N) is 1. The van der Waals surface area contributed by atoms with Gasteiger partial charge in [-0.2, -0.15) is 0 Å². The Balaban J connectivity index is 2.09. The van der Waals surface area contributed by atoms with Crippen LogP contribution in [0.15, 0.2) is 36.4 Å². The molecule has 0 aliphatic carbocycles. The minimum atomic E-state index is -0.823. The first-order chi connectivity index (χ1) is 15.9. The molecule has 1 aliphatic rings. The normalized spacial score (nSPS) is 17.7. The summed E-state index contributed by atoms with van der Waals surface area (Å²) in [5.74, 6) is -1.08. The second kappa shape index (κ2) is 10.7. The fraction of sp³-hybridized carbons (Fsp3) is 0.440. The molecule has 2 amide bonds. The first-order valence-electron chi connectivity index (χ1n) is 11.1. The second-order valence-corrected chi connectivity index (χ2v) is 7.97.